The number of aromatic nitrogens is 4. The molecule has 24 heavy (non-hydrogen) atoms. The van der Waals surface area contributed by atoms with Gasteiger partial charge in [-0.1, -0.05) is 48.5 Å². The third-order valence-electron chi connectivity index (χ3n) is 3.55. The smallest absolute Gasteiger partial charge is 0.232 e. The van der Waals surface area contributed by atoms with Crippen molar-refractivity contribution in [1.29, 1.82) is 0 Å². The lowest BCUT2D eigenvalue weighted by Gasteiger charge is -2.01. The van der Waals surface area contributed by atoms with Gasteiger partial charge in [0.25, 0.3) is 5.95 Å². The van der Waals surface area contributed by atoms with E-state index in [-0.39, 0.29) is 5.28 Å². The number of hydrogen-bond donors (Lipinski definition) is 0. The highest BCUT2D eigenvalue weighted by Crippen LogP contribution is 2.24. The maximum Gasteiger partial charge on any atom is 0.257 e. The molecule has 116 valence electrons. The minimum Gasteiger partial charge on any atom is -0.232 e. The highest BCUT2D eigenvalue weighted by molar-refractivity contribution is 6.29. The highest BCUT2D eigenvalue weighted by Gasteiger charge is 2.12. The molecule has 4 rings (SSSR count). The molecular formula is C18H12ClN5. The molecule has 0 aliphatic rings. The van der Waals surface area contributed by atoms with Crippen molar-refractivity contribution in [2.24, 2.45) is 4.99 Å². The molecule has 2 aromatic carbocycles. The van der Waals surface area contributed by atoms with Crippen LogP contribution in [-0.4, -0.2) is 25.8 Å². The first kappa shape index (κ1) is 14.5. The van der Waals surface area contributed by atoms with Gasteiger partial charge in [0.2, 0.25) is 5.28 Å². The topological polar surface area (TPSA) is 55.4 Å². The van der Waals surface area contributed by atoms with Crippen LogP contribution in [0, 0.1) is 0 Å². The molecule has 0 spiro atoms. The van der Waals surface area contributed by atoms with E-state index in [0.717, 1.165) is 16.5 Å². The van der Waals surface area contributed by atoms with Crippen molar-refractivity contribution in [2.75, 3.05) is 0 Å². The predicted octanol–water partition coefficient (Wildman–Crippen LogP) is 4.35. The molecule has 0 fully saturated rings. The lowest BCUT2D eigenvalue weighted by atomic mass is 10.2. The summed E-state index contributed by atoms with van der Waals surface area (Å²) >= 11 is 6.27. The summed E-state index contributed by atoms with van der Waals surface area (Å²) in [7, 11) is 0. The zero-order chi connectivity index (χ0) is 16.4. The van der Waals surface area contributed by atoms with Crippen LogP contribution in [0.4, 0.5) is 5.95 Å². The van der Waals surface area contributed by atoms with E-state index in [1.807, 2.05) is 66.7 Å². The van der Waals surface area contributed by atoms with E-state index in [4.69, 9.17) is 11.6 Å². The van der Waals surface area contributed by atoms with Gasteiger partial charge < -0.3 is 0 Å². The fourth-order valence-electron chi connectivity index (χ4n) is 2.44. The van der Waals surface area contributed by atoms with Crippen molar-refractivity contribution in [1.82, 2.24) is 19.6 Å². The molecule has 0 atom stereocenters. The predicted molar refractivity (Wildman–Crippen MR) is 96.9 cm³/mol. The van der Waals surface area contributed by atoms with Gasteiger partial charge >= 0.3 is 0 Å². The number of aliphatic imine (C=N–C) groups is 1. The number of benzene rings is 2. The van der Waals surface area contributed by atoms with E-state index in [2.05, 4.69) is 20.2 Å². The second-order valence-corrected chi connectivity index (χ2v) is 5.44. The largest absolute Gasteiger partial charge is 0.257 e. The van der Waals surface area contributed by atoms with Crippen LogP contribution in [0.15, 0.2) is 65.7 Å². The van der Waals surface area contributed by atoms with Gasteiger partial charge in [-0.15, -0.1) is 10.2 Å². The number of para-hydroxylation sites is 1. The number of hydrogen-bond acceptors (Lipinski definition) is 4. The Kier molecular flexibility index (Phi) is 3.76. The summed E-state index contributed by atoms with van der Waals surface area (Å²) in [5.74, 6) is 0.394. The van der Waals surface area contributed by atoms with Gasteiger partial charge in [0.15, 0.2) is 5.65 Å². The molecule has 0 radical (unpaired) electrons. The highest BCUT2D eigenvalue weighted by atomic mass is 35.5. The molecule has 0 aliphatic heterocycles. The normalized spacial score (nSPS) is 12.0. The number of allylic oxidation sites excluding steroid dienone is 1. The van der Waals surface area contributed by atoms with E-state index in [1.54, 1.807) is 10.6 Å². The van der Waals surface area contributed by atoms with Crippen LogP contribution in [0.3, 0.4) is 0 Å². The van der Waals surface area contributed by atoms with Gasteiger partial charge in [-0.2, -0.15) is 0 Å². The van der Waals surface area contributed by atoms with Gasteiger partial charge in [0, 0.05) is 11.6 Å². The standard InChI is InChI=1S/C18H12ClN5/c19-17-21-15-11-5-4-10-14(15)16-22-23-18(24(16)17)20-12-6-9-13-7-2-1-3-8-13/h1-12H/b9-6+,20-12+. The molecule has 0 bridgehead atoms. The summed E-state index contributed by atoms with van der Waals surface area (Å²) in [6, 6.07) is 17.6. The molecule has 0 amide bonds. The summed E-state index contributed by atoms with van der Waals surface area (Å²) in [6.07, 6.45) is 5.47. The van der Waals surface area contributed by atoms with Gasteiger partial charge in [-0.25, -0.2) is 14.4 Å². The molecule has 0 saturated heterocycles. The molecule has 0 saturated carbocycles. The van der Waals surface area contributed by atoms with E-state index >= 15 is 0 Å². The molecule has 4 aromatic rings. The van der Waals surface area contributed by atoms with Gasteiger partial charge in [-0.3, -0.25) is 0 Å². The average Bonchev–Trinajstić information content (AvgIpc) is 3.05. The zero-order valence-corrected chi connectivity index (χ0v) is 13.3. The second-order valence-electron chi connectivity index (χ2n) is 5.10. The molecule has 0 N–H and O–H groups in total. The van der Waals surface area contributed by atoms with Crippen molar-refractivity contribution in [3.8, 4) is 0 Å². The van der Waals surface area contributed by atoms with E-state index in [0.29, 0.717) is 11.6 Å². The fourth-order valence-corrected chi connectivity index (χ4v) is 2.69. The van der Waals surface area contributed by atoms with Crippen LogP contribution < -0.4 is 0 Å². The van der Waals surface area contributed by atoms with Crippen LogP contribution in [0.1, 0.15) is 5.56 Å². The van der Waals surface area contributed by atoms with Crippen molar-refractivity contribution in [2.45, 2.75) is 0 Å². The van der Waals surface area contributed by atoms with Crippen molar-refractivity contribution in [3.05, 3.63) is 71.5 Å². The number of nitrogens with zero attached hydrogens (tertiary/aromatic N) is 5. The Labute approximate surface area is 143 Å². The van der Waals surface area contributed by atoms with E-state index in [1.165, 1.54) is 0 Å². The van der Waals surface area contributed by atoms with Crippen LogP contribution in [-0.2, 0) is 0 Å². The summed E-state index contributed by atoms with van der Waals surface area (Å²) in [4.78, 5) is 8.70. The van der Waals surface area contributed by atoms with Gasteiger partial charge in [-0.05, 0) is 35.4 Å². The molecule has 2 heterocycles. The Balaban J connectivity index is 1.71. The molecule has 5 nitrogen and oxygen atoms in total. The Morgan fingerprint density at radius 2 is 1.75 bits per heavy atom. The minimum absolute atomic E-state index is 0.285. The molecule has 2 aromatic heterocycles. The molecule has 0 unspecified atom stereocenters. The molecular weight excluding hydrogens is 322 g/mol. The summed E-state index contributed by atoms with van der Waals surface area (Å²) < 4.78 is 1.64. The summed E-state index contributed by atoms with van der Waals surface area (Å²) in [5.41, 5.74) is 2.52. The van der Waals surface area contributed by atoms with Crippen molar-refractivity contribution in [3.63, 3.8) is 0 Å². The first-order valence-electron chi connectivity index (χ1n) is 7.38. The van der Waals surface area contributed by atoms with E-state index < -0.39 is 0 Å². The third-order valence-corrected chi connectivity index (χ3v) is 3.81. The maximum absolute atomic E-state index is 6.27. The quantitative estimate of drug-likeness (QED) is 0.414. The van der Waals surface area contributed by atoms with Crippen LogP contribution >= 0.6 is 11.6 Å². The monoisotopic (exact) mass is 333 g/mol. The van der Waals surface area contributed by atoms with Crippen molar-refractivity contribution < 1.29 is 0 Å². The second kappa shape index (κ2) is 6.22. The average molecular weight is 334 g/mol. The first-order chi connectivity index (χ1) is 11.8. The Morgan fingerprint density at radius 1 is 0.958 bits per heavy atom. The van der Waals surface area contributed by atoms with Gasteiger partial charge in [0.1, 0.15) is 0 Å². The number of rotatable bonds is 3. The lowest BCUT2D eigenvalue weighted by Crippen LogP contribution is -1.92. The maximum atomic E-state index is 6.27. The third kappa shape index (κ3) is 2.66. The molecule has 6 heteroatoms. The Morgan fingerprint density at radius 3 is 2.62 bits per heavy atom. The van der Waals surface area contributed by atoms with Crippen molar-refractivity contribution >= 4 is 46.4 Å². The number of halogens is 1. The summed E-state index contributed by atoms with van der Waals surface area (Å²) in [5, 5.41) is 9.47. The summed E-state index contributed by atoms with van der Waals surface area (Å²) in [6.45, 7) is 0. The van der Waals surface area contributed by atoms with Gasteiger partial charge in [0.05, 0.1) is 5.52 Å². The van der Waals surface area contributed by atoms with Crippen LogP contribution in [0.2, 0.25) is 5.28 Å². The molecule has 0 aliphatic carbocycles. The van der Waals surface area contributed by atoms with E-state index in [9.17, 15) is 0 Å². The lowest BCUT2D eigenvalue weighted by molar-refractivity contribution is 1.07. The first-order valence-corrected chi connectivity index (χ1v) is 7.76. The minimum atomic E-state index is 0.285. The fraction of sp³-hybridized carbons (Fsp3) is 0. The number of fused-ring (bicyclic) bond motifs is 3. The van der Waals surface area contributed by atoms with Crippen LogP contribution in [0.25, 0.3) is 22.6 Å². The zero-order valence-electron chi connectivity index (χ0n) is 12.5. The Hall–Kier alpha value is -3.05. The van der Waals surface area contributed by atoms with Crippen LogP contribution in [0.5, 0.6) is 0 Å². The SMILES string of the molecule is Clc1nc2ccccc2c2nnc(/N=C/C=C/c3ccccc3)n12. The Bertz CT molecular complexity index is 1070.